The molecule has 0 aliphatic carbocycles. The largest absolute Gasteiger partial charge is 0.333 e. The van der Waals surface area contributed by atoms with Gasteiger partial charge in [0.05, 0.1) is 5.69 Å². The van der Waals surface area contributed by atoms with Crippen molar-refractivity contribution in [1.82, 2.24) is 19.6 Å². The maximum atomic E-state index is 14.2. The van der Waals surface area contributed by atoms with Crippen LogP contribution in [0.1, 0.15) is 42.2 Å². The third-order valence-electron chi connectivity index (χ3n) is 5.59. The maximum Gasteiger partial charge on any atom is 0.272 e. The zero-order valence-electron chi connectivity index (χ0n) is 18.3. The van der Waals surface area contributed by atoms with Gasteiger partial charge in [0.15, 0.2) is 11.6 Å². The number of hydrogen-bond donors (Lipinski definition) is 0. The number of nitrogens with zero attached hydrogens (tertiary/aromatic N) is 5. The molecule has 0 fully saturated rings. The molecule has 0 saturated carbocycles. The van der Waals surface area contributed by atoms with E-state index in [4.69, 9.17) is 0 Å². The summed E-state index contributed by atoms with van der Waals surface area (Å²) in [6, 6.07) is 3.80. The predicted molar refractivity (Wildman–Crippen MR) is 114 cm³/mol. The Kier molecular flexibility index (Phi) is 7.37. The Morgan fingerprint density at radius 2 is 1.71 bits per heavy atom. The van der Waals surface area contributed by atoms with Crippen LogP contribution < -0.4 is 4.90 Å². The van der Waals surface area contributed by atoms with E-state index in [9.17, 15) is 18.4 Å². The van der Waals surface area contributed by atoms with Crippen LogP contribution in [-0.2, 0) is 18.4 Å². The number of aryl methyl sites for hydroxylation is 1. The summed E-state index contributed by atoms with van der Waals surface area (Å²) in [6.45, 7) is 4.17. The van der Waals surface area contributed by atoms with Crippen LogP contribution >= 0.6 is 0 Å². The molecule has 1 aliphatic rings. The second-order valence-electron chi connectivity index (χ2n) is 7.87. The Bertz CT molecular complexity index is 946. The lowest BCUT2D eigenvalue weighted by molar-refractivity contribution is -0.118. The van der Waals surface area contributed by atoms with E-state index in [-0.39, 0.29) is 24.8 Å². The van der Waals surface area contributed by atoms with E-state index in [0.717, 1.165) is 31.6 Å². The monoisotopic (exact) mass is 433 g/mol. The number of carbonyl (C=O) groups is 2. The lowest BCUT2D eigenvalue weighted by atomic mass is 10.1. The van der Waals surface area contributed by atoms with Gasteiger partial charge < -0.3 is 14.7 Å². The van der Waals surface area contributed by atoms with Gasteiger partial charge in [0.2, 0.25) is 5.91 Å². The fraction of sp³-hybridized carbons (Fsp3) is 0.500. The van der Waals surface area contributed by atoms with Crippen LogP contribution in [0, 0.1) is 11.6 Å². The molecule has 0 atom stereocenters. The van der Waals surface area contributed by atoms with Gasteiger partial charge in [-0.15, -0.1) is 0 Å². The molecule has 1 aromatic carbocycles. The number of aromatic nitrogens is 2. The highest BCUT2D eigenvalue weighted by Gasteiger charge is 2.25. The van der Waals surface area contributed by atoms with Gasteiger partial charge in [0.1, 0.15) is 5.69 Å². The topological polar surface area (TPSA) is 61.7 Å². The highest BCUT2D eigenvalue weighted by atomic mass is 19.2. The second-order valence-corrected chi connectivity index (χ2v) is 7.87. The van der Waals surface area contributed by atoms with Crippen LogP contribution in [0.4, 0.5) is 14.5 Å². The molecule has 2 aromatic rings. The van der Waals surface area contributed by atoms with Crippen molar-refractivity contribution >= 4 is 17.5 Å². The minimum atomic E-state index is -1.01. The molecule has 7 nitrogen and oxygen atoms in total. The van der Waals surface area contributed by atoms with E-state index < -0.39 is 11.6 Å². The number of fused-ring (bicyclic) bond motifs is 1. The fourth-order valence-corrected chi connectivity index (χ4v) is 3.87. The van der Waals surface area contributed by atoms with Gasteiger partial charge in [0, 0.05) is 45.4 Å². The van der Waals surface area contributed by atoms with Crippen molar-refractivity contribution in [2.75, 3.05) is 38.1 Å². The van der Waals surface area contributed by atoms with Crippen molar-refractivity contribution < 1.29 is 18.4 Å². The third-order valence-corrected chi connectivity index (χ3v) is 5.59. The van der Waals surface area contributed by atoms with Gasteiger partial charge in [-0.1, -0.05) is 6.92 Å². The molecule has 2 amide bonds. The first-order chi connectivity index (χ1) is 14.8. The summed E-state index contributed by atoms with van der Waals surface area (Å²) < 4.78 is 29.9. The zero-order valence-corrected chi connectivity index (χ0v) is 18.3. The molecule has 0 saturated heterocycles. The number of anilines is 1. The van der Waals surface area contributed by atoms with E-state index in [0.29, 0.717) is 36.5 Å². The molecular weight excluding hydrogens is 404 g/mol. The van der Waals surface area contributed by atoms with Gasteiger partial charge in [-0.3, -0.25) is 14.3 Å². The number of carbonyl (C=O) groups excluding carboxylic acids is 2. The second kappa shape index (κ2) is 10.00. The Morgan fingerprint density at radius 1 is 1.03 bits per heavy atom. The first-order valence-corrected chi connectivity index (χ1v) is 10.6. The summed E-state index contributed by atoms with van der Waals surface area (Å²) in [7, 11) is 3.68. The minimum absolute atomic E-state index is 0.0632. The van der Waals surface area contributed by atoms with Crippen molar-refractivity contribution in [2.24, 2.45) is 7.05 Å². The number of amides is 2. The SMILES string of the molecule is CCC(=O)N1CCCN(C)CCCN(C(=O)c2ccnn2C)Cc2cc(F)c(F)cc21. The number of hydrogen-bond acceptors (Lipinski definition) is 4. The summed E-state index contributed by atoms with van der Waals surface area (Å²) in [6.07, 6.45) is 3.23. The van der Waals surface area contributed by atoms with Crippen molar-refractivity contribution in [3.63, 3.8) is 0 Å². The first kappa shape index (κ1) is 22.9. The maximum absolute atomic E-state index is 14.2. The van der Waals surface area contributed by atoms with Crippen molar-refractivity contribution in [3.05, 3.63) is 47.3 Å². The van der Waals surface area contributed by atoms with Gasteiger partial charge in [-0.05, 0) is 50.7 Å². The van der Waals surface area contributed by atoms with Gasteiger partial charge >= 0.3 is 0 Å². The van der Waals surface area contributed by atoms with Crippen LogP contribution in [0.2, 0.25) is 0 Å². The van der Waals surface area contributed by atoms with Crippen LogP contribution in [0.3, 0.4) is 0 Å². The van der Waals surface area contributed by atoms with Crippen LogP contribution in [0.15, 0.2) is 24.4 Å². The van der Waals surface area contributed by atoms with Crippen LogP contribution in [0.25, 0.3) is 0 Å². The van der Waals surface area contributed by atoms with Crippen LogP contribution in [0.5, 0.6) is 0 Å². The van der Waals surface area contributed by atoms with Gasteiger partial charge in [0.25, 0.3) is 5.91 Å². The van der Waals surface area contributed by atoms with Crippen molar-refractivity contribution in [1.29, 1.82) is 0 Å². The number of halogens is 2. The lowest BCUT2D eigenvalue weighted by Crippen LogP contribution is -2.38. The number of benzene rings is 1. The fourth-order valence-electron chi connectivity index (χ4n) is 3.87. The van der Waals surface area contributed by atoms with Gasteiger partial charge in [-0.25, -0.2) is 8.78 Å². The molecule has 3 rings (SSSR count). The number of rotatable bonds is 2. The summed E-state index contributed by atoms with van der Waals surface area (Å²) >= 11 is 0. The molecule has 0 radical (unpaired) electrons. The molecule has 0 unspecified atom stereocenters. The zero-order chi connectivity index (χ0) is 22.5. The Labute approximate surface area is 181 Å². The van der Waals surface area contributed by atoms with E-state index in [1.54, 1.807) is 31.1 Å². The standard InChI is InChI=1S/C22H29F2N5O2/c1-4-21(30)29-12-6-10-26(2)9-5-11-28(22(31)19-7-8-25-27(19)3)15-16-13-17(23)18(24)14-20(16)29/h7-8,13-14H,4-6,9-12,15H2,1-3H3. The smallest absolute Gasteiger partial charge is 0.272 e. The van der Waals surface area contributed by atoms with Crippen LogP contribution in [-0.4, -0.2) is 64.6 Å². The Hall–Kier alpha value is -2.81. The molecule has 1 aliphatic heterocycles. The highest BCUT2D eigenvalue weighted by Crippen LogP contribution is 2.27. The van der Waals surface area contributed by atoms with Crippen molar-refractivity contribution in [3.8, 4) is 0 Å². The highest BCUT2D eigenvalue weighted by molar-refractivity contribution is 5.95. The molecular formula is C22H29F2N5O2. The van der Waals surface area contributed by atoms with E-state index in [2.05, 4.69) is 10.00 Å². The Balaban J connectivity index is 2.05. The van der Waals surface area contributed by atoms with Gasteiger partial charge in [-0.2, -0.15) is 5.10 Å². The summed E-state index contributed by atoms with van der Waals surface area (Å²) in [4.78, 5) is 31.2. The minimum Gasteiger partial charge on any atom is -0.333 e. The molecule has 9 heteroatoms. The molecule has 0 spiro atoms. The normalized spacial score (nSPS) is 16.4. The third kappa shape index (κ3) is 5.28. The lowest BCUT2D eigenvalue weighted by Gasteiger charge is -2.31. The molecule has 2 heterocycles. The summed E-state index contributed by atoms with van der Waals surface area (Å²) in [5.41, 5.74) is 1.13. The van der Waals surface area contributed by atoms with E-state index in [1.807, 2.05) is 7.05 Å². The average molecular weight is 434 g/mol. The van der Waals surface area contributed by atoms with Crippen molar-refractivity contribution in [2.45, 2.75) is 32.7 Å². The molecule has 168 valence electrons. The quantitative estimate of drug-likeness (QED) is 0.731. The molecule has 1 aromatic heterocycles. The molecule has 0 bridgehead atoms. The first-order valence-electron chi connectivity index (χ1n) is 10.6. The molecule has 31 heavy (non-hydrogen) atoms. The average Bonchev–Trinajstić information content (AvgIpc) is 3.17. The van der Waals surface area contributed by atoms with E-state index in [1.165, 1.54) is 9.58 Å². The molecule has 0 N–H and O–H groups in total. The summed E-state index contributed by atoms with van der Waals surface area (Å²) in [5, 5.41) is 4.06. The summed E-state index contributed by atoms with van der Waals surface area (Å²) in [5.74, 6) is -2.43. The Morgan fingerprint density at radius 3 is 2.35 bits per heavy atom. The predicted octanol–water partition coefficient (Wildman–Crippen LogP) is 2.81. The van der Waals surface area contributed by atoms with E-state index >= 15 is 0 Å².